The molecule has 0 aliphatic rings. The highest BCUT2D eigenvalue weighted by Crippen LogP contribution is 2.35. The number of thiophene rings is 1. The fraction of sp³-hybridized carbons (Fsp3) is 0.286. The fourth-order valence-corrected chi connectivity index (χ4v) is 4.99. The number of carboxylic acid groups (broad SMARTS) is 1. The Labute approximate surface area is 113 Å². The monoisotopic (exact) mass is 391 g/mol. The molecule has 1 heterocycles. The summed E-state index contributed by atoms with van der Waals surface area (Å²) in [6, 6.07) is 0. The van der Waals surface area contributed by atoms with Gasteiger partial charge in [0.1, 0.15) is 4.21 Å². The van der Waals surface area contributed by atoms with E-state index in [0.29, 0.717) is 8.95 Å². The van der Waals surface area contributed by atoms with Gasteiger partial charge in [0.05, 0.1) is 10.9 Å². The first kappa shape index (κ1) is 14.1. The summed E-state index contributed by atoms with van der Waals surface area (Å²) in [5.41, 5.74) is 0. The minimum atomic E-state index is -3.64. The Balaban J connectivity index is 2.79. The molecule has 2 N–H and O–H groups in total. The number of carboxylic acids is 1. The molecule has 0 amide bonds. The van der Waals surface area contributed by atoms with Crippen LogP contribution in [0.4, 0.5) is 0 Å². The van der Waals surface area contributed by atoms with E-state index in [-0.39, 0.29) is 17.2 Å². The molecule has 1 aromatic heterocycles. The number of hydrogen-bond donors (Lipinski definition) is 2. The molecule has 0 bridgehead atoms. The second kappa shape index (κ2) is 5.58. The zero-order valence-corrected chi connectivity index (χ0v) is 12.5. The quantitative estimate of drug-likeness (QED) is 0.802. The van der Waals surface area contributed by atoms with Crippen molar-refractivity contribution in [2.75, 3.05) is 6.54 Å². The molecule has 0 atom stereocenters. The van der Waals surface area contributed by atoms with Crippen molar-refractivity contribution in [2.45, 2.75) is 10.6 Å². The van der Waals surface area contributed by atoms with Gasteiger partial charge in [-0.05, 0) is 31.9 Å². The Morgan fingerprint density at radius 3 is 2.56 bits per heavy atom. The molecule has 0 unspecified atom stereocenters. The molecule has 1 rings (SSSR count). The summed E-state index contributed by atoms with van der Waals surface area (Å²) in [5, 5.41) is 10.0. The number of sulfonamides is 1. The molecule has 0 fully saturated rings. The van der Waals surface area contributed by atoms with Gasteiger partial charge in [-0.25, -0.2) is 13.1 Å². The summed E-state index contributed by atoms with van der Waals surface area (Å²) < 4.78 is 26.8. The molecule has 0 spiro atoms. The second-order valence-corrected chi connectivity index (χ2v) is 7.22. The lowest BCUT2D eigenvalue weighted by molar-refractivity contribution is -0.136. The van der Waals surface area contributed by atoms with Crippen LogP contribution in [0.5, 0.6) is 0 Å². The Kier molecular flexibility index (Phi) is 4.92. The van der Waals surface area contributed by atoms with E-state index in [1.54, 1.807) is 5.38 Å². The molecule has 9 heteroatoms. The van der Waals surface area contributed by atoms with Gasteiger partial charge in [0.15, 0.2) is 0 Å². The summed E-state index contributed by atoms with van der Waals surface area (Å²) in [6.07, 6.45) is -0.247. The van der Waals surface area contributed by atoms with Crippen molar-refractivity contribution in [2.24, 2.45) is 0 Å². The molecule has 90 valence electrons. The molecule has 0 aliphatic heterocycles. The lowest BCUT2D eigenvalue weighted by atomic mass is 10.5. The SMILES string of the molecule is O=C(O)CCNS(=O)(=O)c1scc(Br)c1Br. The minimum absolute atomic E-state index is 0.125. The zero-order chi connectivity index (χ0) is 12.3. The first-order chi connectivity index (χ1) is 7.34. The molecule has 1 aromatic rings. The number of aliphatic carboxylic acids is 1. The number of carbonyl (C=O) groups is 1. The van der Waals surface area contributed by atoms with E-state index in [0.717, 1.165) is 11.3 Å². The maximum Gasteiger partial charge on any atom is 0.304 e. The summed E-state index contributed by atoms with van der Waals surface area (Å²) >= 11 is 7.36. The van der Waals surface area contributed by atoms with Crippen molar-refractivity contribution in [1.82, 2.24) is 4.72 Å². The van der Waals surface area contributed by atoms with Gasteiger partial charge in [-0.15, -0.1) is 11.3 Å². The third kappa shape index (κ3) is 3.52. The molecule has 0 saturated carbocycles. The highest BCUT2D eigenvalue weighted by molar-refractivity contribution is 9.13. The average Bonchev–Trinajstić information content (AvgIpc) is 2.47. The summed E-state index contributed by atoms with van der Waals surface area (Å²) in [5.74, 6) is -1.05. The van der Waals surface area contributed by atoms with E-state index in [9.17, 15) is 13.2 Å². The van der Waals surface area contributed by atoms with Crippen molar-refractivity contribution >= 4 is 59.2 Å². The van der Waals surface area contributed by atoms with Crippen LogP contribution in [0.15, 0.2) is 18.5 Å². The number of hydrogen-bond acceptors (Lipinski definition) is 4. The number of rotatable bonds is 5. The normalized spacial score (nSPS) is 11.6. The summed E-state index contributed by atoms with van der Waals surface area (Å²) in [4.78, 5) is 10.2. The van der Waals surface area contributed by atoms with Crippen LogP contribution in [0.1, 0.15) is 6.42 Å². The molecule has 5 nitrogen and oxygen atoms in total. The van der Waals surface area contributed by atoms with Crippen LogP contribution in [-0.2, 0) is 14.8 Å². The zero-order valence-electron chi connectivity index (χ0n) is 7.74. The van der Waals surface area contributed by atoms with Crippen LogP contribution in [-0.4, -0.2) is 26.0 Å². The molecule has 0 saturated heterocycles. The van der Waals surface area contributed by atoms with Gasteiger partial charge in [-0.3, -0.25) is 4.79 Å². The number of nitrogens with one attached hydrogen (secondary N) is 1. The van der Waals surface area contributed by atoms with Gasteiger partial charge in [0.25, 0.3) is 10.0 Å². The second-order valence-electron chi connectivity index (χ2n) is 2.73. The van der Waals surface area contributed by atoms with E-state index >= 15 is 0 Å². The highest BCUT2D eigenvalue weighted by Gasteiger charge is 2.21. The Morgan fingerprint density at radius 1 is 1.50 bits per heavy atom. The molecular formula is C7H7Br2NO4S2. The van der Waals surface area contributed by atoms with Crippen LogP contribution < -0.4 is 4.72 Å². The van der Waals surface area contributed by atoms with Crippen LogP contribution in [0.2, 0.25) is 0 Å². The Bertz CT molecular complexity index is 496. The summed E-state index contributed by atoms with van der Waals surface area (Å²) in [7, 11) is -3.64. The average molecular weight is 393 g/mol. The van der Waals surface area contributed by atoms with E-state index in [4.69, 9.17) is 5.11 Å². The van der Waals surface area contributed by atoms with E-state index in [2.05, 4.69) is 36.6 Å². The first-order valence-corrected chi connectivity index (χ1v) is 7.93. The Hall–Kier alpha value is 0.0400. The fourth-order valence-electron chi connectivity index (χ4n) is 0.845. The standard InChI is InChI=1S/C7H7Br2NO4S2/c8-4-3-15-7(6(4)9)16(13,14)10-2-1-5(11)12/h3,10H,1-2H2,(H,11,12). The minimum Gasteiger partial charge on any atom is -0.481 e. The van der Waals surface area contributed by atoms with Crippen LogP contribution in [0.25, 0.3) is 0 Å². The van der Waals surface area contributed by atoms with Crippen molar-refractivity contribution in [3.05, 3.63) is 14.3 Å². The van der Waals surface area contributed by atoms with Crippen molar-refractivity contribution in [3.63, 3.8) is 0 Å². The Morgan fingerprint density at radius 2 is 2.12 bits per heavy atom. The van der Waals surface area contributed by atoms with E-state index in [1.807, 2.05) is 0 Å². The van der Waals surface area contributed by atoms with E-state index < -0.39 is 16.0 Å². The maximum atomic E-state index is 11.7. The van der Waals surface area contributed by atoms with Gasteiger partial charge < -0.3 is 5.11 Å². The van der Waals surface area contributed by atoms with Crippen molar-refractivity contribution < 1.29 is 18.3 Å². The van der Waals surface area contributed by atoms with Gasteiger partial charge in [-0.2, -0.15) is 0 Å². The first-order valence-electron chi connectivity index (χ1n) is 3.98. The summed E-state index contributed by atoms with van der Waals surface area (Å²) in [6.45, 7) is -0.125. The van der Waals surface area contributed by atoms with Crippen LogP contribution in [0, 0.1) is 0 Å². The van der Waals surface area contributed by atoms with Gasteiger partial charge >= 0.3 is 5.97 Å². The molecule has 0 aliphatic carbocycles. The molecule has 16 heavy (non-hydrogen) atoms. The van der Waals surface area contributed by atoms with Crippen molar-refractivity contribution in [3.8, 4) is 0 Å². The van der Waals surface area contributed by atoms with Crippen molar-refractivity contribution in [1.29, 1.82) is 0 Å². The van der Waals surface area contributed by atoms with Gasteiger partial charge in [0.2, 0.25) is 0 Å². The number of halogens is 2. The smallest absolute Gasteiger partial charge is 0.304 e. The molecular weight excluding hydrogens is 386 g/mol. The predicted molar refractivity (Wildman–Crippen MR) is 67.2 cm³/mol. The largest absolute Gasteiger partial charge is 0.481 e. The lowest BCUT2D eigenvalue weighted by Crippen LogP contribution is -2.25. The highest BCUT2D eigenvalue weighted by atomic mass is 79.9. The van der Waals surface area contributed by atoms with Gasteiger partial charge in [0, 0.05) is 16.4 Å². The third-order valence-electron chi connectivity index (χ3n) is 1.53. The molecule has 0 aromatic carbocycles. The maximum absolute atomic E-state index is 11.7. The lowest BCUT2D eigenvalue weighted by Gasteiger charge is -2.03. The molecule has 0 radical (unpaired) electrons. The van der Waals surface area contributed by atoms with Gasteiger partial charge in [-0.1, -0.05) is 0 Å². The topological polar surface area (TPSA) is 83.5 Å². The predicted octanol–water partition coefficient (Wildman–Crippen LogP) is 2.03. The van der Waals surface area contributed by atoms with Crippen LogP contribution >= 0.6 is 43.2 Å². The third-order valence-corrected chi connectivity index (χ3v) is 7.34. The van der Waals surface area contributed by atoms with Crippen LogP contribution in [0.3, 0.4) is 0 Å². The van der Waals surface area contributed by atoms with E-state index in [1.165, 1.54) is 0 Å².